The summed E-state index contributed by atoms with van der Waals surface area (Å²) >= 11 is 2.96. The third-order valence-corrected chi connectivity index (χ3v) is 2.58. The van der Waals surface area contributed by atoms with Crippen LogP contribution in [0.15, 0.2) is 16.7 Å². The average Bonchev–Trinajstić information content (AvgIpc) is 2.24. The molecule has 0 unspecified atom stereocenters. The molecule has 0 saturated carbocycles. The summed E-state index contributed by atoms with van der Waals surface area (Å²) in [5.41, 5.74) is 0.644. The highest BCUT2D eigenvalue weighted by atomic mass is 79.9. The monoisotopic (exact) mass is 340 g/mol. The molecule has 104 valence electrons. The molecule has 0 aromatic carbocycles. The van der Waals surface area contributed by atoms with Gasteiger partial charge >= 0.3 is 18.1 Å². The van der Waals surface area contributed by atoms with Gasteiger partial charge in [-0.05, 0) is 34.5 Å². The fraction of sp³-hybridized carbons (Fsp3) is 0.300. The molecule has 0 aliphatic heterocycles. The number of alkyl halides is 3. The summed E-state index contributed by atoms with van der Waals surface area (Å²) in [6.07, 6.45) is -3.94. The summed E-state index contributed by atoms with van der Waals surface area (Å²) in [5.74, 6) is -4.26. The lowest BCUT2D eigenvalue weighted by Crippen LogP contribution is -2.44. The zero-order valence-electron chi connectivity index (χ0n) is 9.53. The molecule has 9 heteroatoms. The number of carbonyl (C=O) groups is 2. The lowest BCUT2D eigenvalue weighted by Gasteiger charge is -2.22. The maximum atomic E-state index is 12.4. The zero-order valence-corrected chi connectivity index (χ0v) is 11.1. The molecule has 1 heterocycles. The number of halogens is 4. The van der Waals surface area contributed by atoms with Gasteiger partial charge in [0.15, 0.2) is 0 Å². The third kappa shape index (κ3) is 3.91. The van der Waals surface area contributed by atoms with Crippen LogP contribution in [0.4, 0.5) is 19.0 Å². The average molecular weight is 341 g/mol. The second-order valence-corrected chi connectivity index (χ2v) is 4.46. The minimum Gasteiger partial charge on any atom is -0.480 e. The van der Waals surface area contributed by atoms with Crippen LogP contribution in [0.25, 0.3) is 0 Å². The Balaban J connectivity index is 3.24. The molecule has 1 N–H and O–H groups in total. The Kier molecular flexibility index (Phi) is 4.51. The fourth-order valence-electron chi connectivity index (χ4n) is 1.26. The Labute approximate surface area is 114 Å². The first-order valence-electron chi connectivity index (χ1n) is 4.85. The van der Waals surface area contributed by atoms with Crippen LogP contribution >= 0.6 is 15.9 Å². The van der Waals surface area contributed by atoms with Crippen LogP contribution in [0.5, 0.6) is 0 Å². The number of rotatable bonds is 3. The van der Waals surface area contributed by atoms with E-state index in [1.165, 1.54) is 12.3 Å². The zero-order chi connectivity index (χ0) is 14.8. The Morgan fingerprint density at radius 3 is 2.47 bits per heavy atom. The molecule has 0 atom stereocenters. The molecule has 0 radical (unpaired) electrons. The summed E-state index contributed by atoms with van der Waals surface area (Å²) in [4.78, 5) is 25.5. The van der Waals surface area contributed by atoms with Crippen LogP contribution in [-0.2, 0) is 9.59 Å². The Hall–Kier alpha value is -1.64. The number of carboxylic acid groups (broad SMARTS) is 1. The molecule has 0 bridgehead atoms. The highest BCUT2D eigenvalue weighted by Crippen LogP contribution is 2.28. The van der Waals surface area contributed by atoms with Gasteiger partial charge in [-0.25, -0.2) is 4.98 Å². The summed E-state index contributed by atoms with van der Waals surface area (Å²) in [5, 5.41) is 8.60. The number of anilines is 1. The van der Waals surface area contributed by atoms with Gasteiger partial charge in [0.25, 0.3) is 0 Å². The molecule has 1 aromatic heterocycles. The van der Waals surface area contributed by atoms with E-state index in [9.17, 15) is 22.8 Å². The molecule has 0 spiro atoms. The first kappa shape index (κ1) is 15.4. The number of nitrogens with zero attached hydrogens (tertiary/aromatic N) is 2. The third-order valence-electron chi connectivity index (χ3n) is 2.00. The number of hydrogen-bond donors (Lipinski definition) is 1. The Morgan fingerprint density at radius 1 is 1.47 bits per heavy atom. The van der Waals surface area contributed by atoms with Crippen molar-refractivity contribution in [2.24, 2.45) is 0 Å². The molecule has 0 aliphatic rings. The normalized spacial score (nSPS) is 11.2. The lowest BCUT2D eigenvalue weighted by atomic mass is 10.3. The molecule has 5 nitrogen and oxygen atoms in total. The second-order valence-electron chi connectivity index (χ2n) is 3.60. The van der Waals surface area contributed by atoms with Crippen molar-refractivity contribution in [1.29, 1.82) is 0 Å². The van der Waals surface area contributed by atoms with Crippen molar-refractivity contribution in [1.82, 2.24) is 4.98 Å². The van der Waals surface area contributed by atoms with E-state index in [2.05, 4.69) is 20.9 Å². The number of aryl methyl sites for hydroxylation is 1. The van der Waals surface area contributed by atoms with Gasteiger partial charge in [-0.3, -0.25) is 14.5 Å². The highest BCUT2D eigenvalue weighted by molar-refractivity contribution is 9.10. The van der Waals surface area contributed by atoms with Gasteiger partial charge in [0.1, 0.15) is 12.4 Å². The summed E-state index contributed by atoms with van der Waals surface area (Å²) in [7, 11) is 0. The quantitative estimate of drug-likeness (QED) is 0.915. The van der Waals surface area contributed by atoms with Crippen LogP contribution in [-0.4, -0.2) is 34.7 Å². The number of pyridine rings is 1. The van der Waals surface area contributed by atoms with Gasteiger partial charge in [-0.15, -0.1) is 0 Å². The van der Waals surface area contributed by atoms with Crippen molar-refractivity contribution in [3.05, 3.63) is 22.3 Å². The number of aliphatic carboxylic acids is 1. The van der Waals surface area contributed by atoms with E-state index >= 15 is 0 Å². The van der Waals surface area contributed by atoms with Gasteiger partial charge in [0.05, 0.1) is 4.47 Å². The van der Waals surface area contributed by atoms with Crippen LogP contribution < -0.4 is 4.90 Å². The number of carbonyl (C=O) groups excluding carboxylic acids is 1. The lowest BCUT2D eigenvalue weighted by molar-refractivity contribution is -0.171. The van der Waals surface area contributed by atoms with Crippen LogP contribution in [0.2, 0.25) is 0 Å². The van der Waals surface area contributed by atoms with Crippen LogP contribution in [0, 0.1) is 6.92 Å². The van der Waals surface area contributed by atoms with E-state index < -0.39 is 30.4 Å². The number of aromatic nitrogens is 1. The molecular weight excluding hydrogens is 333 g/mol. The minimum atomic E-state index is -5.18. The molecular formula is C10H8BrF3N2O3. The van der Waals surface area contributed by atoms with Gasteiger partial charge in [-0.1, -0.05) is 0 Å². The standard InChI is InChI=1S/C10H8BrF3N2O3/c1-5-2-6(11)8(15-3-5)16(4-7(17)18)9(19)10(12,13)14/h2-3H,4H2,1H3,(H,17,18). The summed E-state index contributed by atoms with van der Waals surface area (Å²) in [6, 6.07) is 1.43. The molecule has 1 amide bonds. The van der Waals surface area contributed by atoms with Crippen molar-refractivity contribution < 1.29 is 27.9 Å². The van der Waals surface area contributed by atoms with E-state index in [1.54, 1.807) is 6.92 Å². The molecule has 0 saturated heterocycles. The van der Waals surface area contributed by atoms with E-state index in [-0.39, 0.29) is 9.37 Å². The first-order chi connectivity index (χ1) is 8.62. The van der Waals surface area contributed by atoms with Crippen molar-refractivity contribution in [2.75, 3.05) is 11.4 Å². The van der Waals surface area contributed by atoms with Gasteiger partial charge < -0.3 is 5.11 Å². The molecule has 1 rings (SSSR count). The van der Waals surface area contributed by atoms with E-state index in [0.717, 1.165) is 0 Å². The SMILES string of the molecule is Cc1cnc(N(CC(=O)O)C(=O)C(F)(F)F)c(Br)c1. The van der Waals surface area contributed by atoms with E-state index in [4.69, 9.17) is 5.11 Å². The smallest absolute Gasteiger partial charge is 0.471 e. The molecule has 0 fully saturated rings. The molecule has 19 heavy (non-hydrogen) atoms. The predicted octanol–water partition coefficient (Wildman–Crippen LogP) is 2.13. The van der Waals surface area contributed by atoms with Gasteiger partial charge in [0.2, 0.25) is 0 Å². The van der Waals surface area contributed by atoms with Gasteiger partial charge in [-0.2, -0.15) is 13.2 Å². The Morgan fingerprint density at radius 2 is 2.05 bits per heavy atom. The predicted molar refractivity (Wildman–Crippen MR) is 62.7 cm³/mol. The second kappa shape index (κ2) is 5.55. The van der Waals surface area contributed by atoms with Crippen molar-refractivity contribution in [3.8, 4) is 0 Å². The Bertz CT molecular complexity index is 519. The van der Waals surface area contributed by atoms with Crippen LogP contribution in [0.1, 0.15) is 5.56 Å². The molecule has 0 aliphatic carbocycles. The molecule has 1 aromatic rings. The highest BCUT2D eigenvalue weighted by Gasteiger charge is 2.44. The van der Waals surface area contributed by atoms with Crippen molar-refractivity contribution >= 4 is 33.6 Å². The minimum absolute atomic E-state index is 0.0614. The first-order valence-corrected chi connectivity index (χ1v) is 5.65. The maximum Gasteiger partial charge on any atom is 0.471 e. The largest absolute Gasteiger partial charge is 0.480 e. The van der Waals surface area contributed by atoms with Crippen molar-refractivity contribution in [3.63, 3.8) is 0 Å². The van der Waals surface area contributed by atoms with Gasteiger partial charge in [0, 0.05) is 6.20 Å². The number of hydrogen-bond acceptors (Lipinski definition) is 3. The fourth-order valence-corrected chi connectivity index (χ4v) is 1.93. The topological polar surface area (TPSA) is 70.5 Å². The van der Waals surface area contributed by atoms with Crippen molar-refractivity contribution in [2.45, 2.75) is 13.1 Å². The summed E-state index contributed by atoms with van der Waals surface area (Å²) in [6.45, 7) is 0.516. The maximum absolute atomic E-state index is 12.4. The van der Waals surface area contributed by atoms with E-state index in [1.807, 2.05) is 0 Å². The number of amides is 1. The summed E-state index contributed by atoms with van der Waals surface area (Å²) < 4.78 is 37.4. The van der Waals surface area contributed by atoms with Crippen LogP contribution in [0.3, 0.4) is 0 Å². The number of carboxylic acids is 1. The van der Waals surface area contributed by atoms with E-state index in [0.29, 0.717) is 5.56 Å².